The van der Waals surface area contributed by atoms with E-state index in [2.05, 4.69) is 66.3 Å². The van der Waals surface area contributed by atoms with Gasteiger partial charge in [-0.1, -0.05) is 25.9 Å². The number of anilines is 3. The predicted octanol–water partition coefficient (Wildman–Crippen LogP) is 3.64. The van der Waals surface area contributed by atoms with Gasteiger partial charge in [0.25, 0.3) is 0 Å². The summed E-state index contributed by atoms with van der Waals surface area (Å²) in [5.41, 5.74) is 1.66. The molecule has 5 heterocycles. The van der Waals surface area contributed by atoms with Crippen LogP contribution in [0.5, 0.6) is 0 Å². The van der Waals surface area contributed by atoms with Crippen LogP contribution < -0.4 is 10.2 Å². The van der Waals surface area contributed by atoms with Gasteiger partial charge in [-0.15, -0.1) is 0 Å². The molecule has 2 N–H and O–H groups in total. The van der Waals surface area contributed by atoms with Crippen LogP contribution in [0.3, 0.4) is 0 Å². The smallest absolute Gasteiger partial charge is 0.227 e. The maximum absolute atomic E-state index is 5.58. The molecule has 4 aromatic rings. The topological polar surface area (TPSA) is 122 Å². The minimum Gasteiger partial charge on any atom is -0.358 e. The van der Waals surface area contributed by atoms with E-state index in [-0.39, 0.29) is 11.5 Å². The Bertz CT molecular complexity index is 1180. The third-order valence-electron chi connectivity index (χ3n) is 5.21. The average molecular weight is 417 g/mol. The van der Waals surface area contributed by atoms with Crippen molar-refractivity contribution in [2.45, 2.75) is 38.6 Å². The molecule has 10 heteroatoms. The number of nitrogens with zero attached hydrogens (tertiary/aromatic N) is 7. The van der Waals surface area contributed by atoms with E-state index in [1.54, 1.807) is 24.7 Å². The van der Waals surface area contributed by atoms with Crippen molar-refractivity contribution in [1.29, 1.82) is 0 Å². The molecule has 0 aliphatic carbocycles. The van der Waals surface area contributed by atoms with E-state index in [4.69, 9.17) is 4.52 Å². The summed E-state index contributed by atoms with van der Waals surface area (Å²) in [5, 5.41) is 14.8. The van der Waals surface area contributed by atoms with Gasteiger partial charge in [-0.3, -0.25) is 5.10 Å². The van der Waals surface area contributed by atoms with Gasteiger partial charge in [0, 0.05) is 48.4 Å². The maximum Gasteiger partial charge on any atom is 0.227 e. The van der Waals surface area contributed by atoms with Crippen molar-refractivity contribution in [2.24, 2.45) is 0 Å². The first-order valence-corrected chi connectivity index (χ1v) is 10.1. The largest absolute Gasteiger partial charge is 0.358 e. The van der Waals surface area contributed by atoms with E-state index in [9.17, 15) is 0 Å². The average Bonchev–Trinajstić information content (AvgIpc) is 3.38. The van der Waals surface area contributed by atoms with Crippen LogP contribution in [0.4, 0.5) is 17.6 Å². The maximum atomic E-state index is 5.58. The highest BCUT2D eigenvalue weighted by atomic mass is 16.5. The Morgan fingerprint density at radius 3 is 2.65 bits per heavy atom. The van der Waals surface area contributed by atoms with Crippen LogP contribution in [0.1, 0.15) is 44.7 Å². The van der Waals surface area contributed by atoms with Crippen LogP contribution in [0.2, 0.25) is 0 Å². The number of aromatic nitrogens is 7. The van der Waals surface area contributed by atoms with E-state index >= 15 is 0 Å². The molecule has 158 valence electrons. The van der Waals surface area contributed by atoms with Crippen molar-refractivity contribution in [1.82, 2.24) is 35.3 Å². The third-order valence-corrected chi connectivity index (χ3v) is 5.21. The monoisotopic (exact) mass is 417 g/mol. The van der Waals surface area contributed by atoms with Crippen molar-refractivity contribution in [3.05, 3.63) is 54.3 Å². The molecule has 1 aliphatic heterocycles. The van der Waals surface area contributed by atoms with Crippen molar-refractivity contribution >= 4 is 17.6 Å². The zero-order chi connectivity index (χ0) is 21.4. The molecule has 31 heavy (non-hydrogen) atoms. The van der Waals surface area contributed by atoms with Crippen molar-refractivity contribution in [3.63, 3.8) is 0 Å². The summed E-state index contributed by atoms with van der Waals surface area (Å²) >= 11 is 0. The SMILES string of the molecule is CC(C)(C)c1cc(Nc2ccnc(N3CC[C@H]3c3cc(-c4ncccn4)no3)n2)n[nH]1. The van der Waals surface area contributed by atoms with E-state index in [1.807, 2.05) is 18.2 Å². The van der Waals surface area contributed by atoms with E-state index < -0.39 is 0 Å². The Labute approximate surface area is 179 Å². The highest BCUT2D eigenvalue weighted by molar-refractivity contribution is 5.55. The number of H-pyrrole nitrogens is 1. The van der Waals surface area contributed by atoms with Gasteiger partial charge >= 0.3 is 0 Å². The van der Waals surface area contributed by atoms with Crippen LogP contribution in [0.15, 0.2) is 47.4 Å². The number of hydrogen-bond donors (Lipinski definition) is 2. The Kier molecular flexibility index (Phi) is 4.61. The number of hydrogen-bond acceptors (Lipinski definition) is 9. The molecule has 0 amide bonds. The van der Waals surface area contributed by atoms with Gasteiger partial charge in [-0.25, -0.2) is 15.0 Å². The summed E-state index contributed by atoms with van der Waals surface area (Å²) in [6.45, 7) is 7.24. The van der Waals surface area contributed by atoms with Crippen LogP contribution >= 0.6 is 0 Å². The highest BCUT2D eigenvalue weighted by Crippen LogP contribution is 2.37. The normalized spacial score (nSPS) is 16.2. The molecule has 0 radical (unpaired) electrons. The fourth-order valence-corrected chi connectivity index (χ4v) is 3.36. The second kappa shape index (κ2) is 7.46. The Morgan fingerprint density at radius 2 is 1.94 bits per heavy atom. The zero-order valence-corrected chi connectivity index (χ0v) is 17.6. The number of rotatable bonds is 5. The van der Waals surface area contributed by atoms with Gasteiger partial charge in [-0.05, 0) is 18.6 Å². The highest BCUT2D eigenvalue weighted by Gasteiger charge is 2.35. The first-order valence-electron chi connectivity index (χ1n) is 10.1. The van der Waals surface area contributed by atoms with Gasteiger partial charge in [-0.2, -0.15) is 10.1 Å². The van der Waals surface area contributed by atoms with Gasteiger partial charge < -0.3 is 14.7 Å². The Balaban J connectivity index is 1.32. The quantitative estimate of drug-likeness (QED) is 0.501. The van der Waals surface area contributed by atoms with Crippen molar-refractivity contribution in [2.75, 3.05) is 16.8 Å². The lowest BCUT2D eigenvalue weighted by atomic mass is 9.92. The fourth-order valence-electron chi connectivity index (χ4n) is 3.36. The molecular weight excluding hydrogens is 394 g/mol. The molecule has 0 spiro atoms. The van der Waals surface area contributed by atoms with Gasteiger partial charge in [0.05, 0.1) is 6.04 Å². The molecule has 0 aromatic carbocycles. The summed E-state index contributed by atoms with van der Waals surface area (Å²) in [5.74, 6) is 3.31. The predicted molar refractivity (Wildman–Crippen MR) is 115 cm³/mol. The molecule has 10 nitrogen and oxygen atoms in total. The van der Waals surface area contributed by atoms with Crippen LogP contribution in [0, 0.1) is 0 Å². The summed E-state index contributed by atoms with van der Waals surface area (Å²) in [6.07, 6.45) is 6.03. The Morgan fingerprint density at radius 1 is 1.10 bits per heavy atom. The molecule has 1 atom stereocenters. The van der Waals surface area contributed by atoms with Gasteiger partial charge in [0.15, 0.2) is 23.1 Å². The minimum absolute atomic E-state index is 0.00463. The zero-order valence-electron chi connectivity index (χ0n) is 17.6. The molecular formula is C21H23N9O. The molecule has 4 aromatic heterocycles. The second-order valence-electron chi connectivity index (χ2n) is 8.47. The van der Waals surface area contributed by atoms with Crippen LogP contribution in [-0.2, 0) is 5.41 Å². The van der Waals surface area contributed by atoms with Crippen molar-refractivity contribution in [3.8, 4) is 11.5 Å². The van der Waals surface area contributed by atoms with E-state index in [1.165, 1.54) is 0 Å². The third kappa shape index (κ3) is 3.83. The first kappa shape index (κ1) is 19.2. The molecule has 0 bridgehead atoms. The molecule has 1 fully saturated rings. The van der Waals surface area contributed by atoms with E-state index in [0.717, 1.165) is 30.2 Å². The second-order valence-corrected chi connectivity index (χ2v) is 8.47. The number of nitrogens with one attached hydrogen (secondary N) is 2. The van der Waals surface area contributed by atoms with Crippen molar-refractivity contribution < 1.29 is 4.52 Å². The molecule has 0 saturated carbocycles. The minimum atomic E-state index is -0.00463. The van der Waals surface area contributed by atoms with Gasteiger partial charge in [0.1, 0.15) is 5.82 Å². The lowest BCUT2D eigenvalue weighted by molar-refractivity contribution is 0.315. The molecule has 0 unspecified atom stereocenters. The summed E-state index contributed by atoms with van der Waals surface area (Å²) in [7, 11) is 0. The molecule has 1 saturated heterocycles. The van der Waals surface area contributed by atoms with Gasteiger partial charge in [0.2, 0.25) is 5.95 Å². The summed E-state index contributed by atoms with van der Waals surface area (Å²) in [6, 6.07) is 7.49. The first-order chi connectivity index (χ1) is 15.0. The number of aromatic amines is 1. The van der Waals surface area contributed by atoms with E-state index in [0.29, 0.717) is 23.3 Å². The fraction of sp³-hybridized carbons (Fsp3) is 0.333. The lowest BCUT2D eigenvalue weighted by Crippen LogP contribution is -2.41. The molecule has 1 aliphatic rings. The summed E-state index contributed by atoms with van der Waals surface area (Å²) in [4.78, 5) is 19.6. The lowest BCUT2D eigenvalue weighted by Gasteiger charge is -2.39. The summed E-state index contributed by atoms with van der Waals surface area (Å²) < 4.78 is 5.58. The van der Waals surface area contributed by atoms with Crippen LogP contribution in [-0.4, -0.2) is 41.8 Å². The standard InChI is InChI=1S/C21H23N9O/c1-21(2,3)16-12-18(28-27-16)25-17-5-9-24-20(26-17)30-10-6-14(30)15-11-13(29-31-15)19-22-7-4-8-23-19/h4-5,7-9,11-12,14H,6,10H2,1-3H3,(H2,24,25,26,27,28)/t14-/m0/s1. The molecule has 5 rings (SSSR count). The Hall–Kier alpha value is -3.82. The van der Waals surface area contributed by atoms with Crippen LogP contribution in [0.25, 0.3) is 11.5 Å².